The summed E-state index contributed by atoms with van der Waals surface area (Å²) in [7, 11) is 0. The van der Waals surface area contributed by atoms with Gasteiger partial charge in [-0.2, -0.15) is 5.10 Å². The van der Waals surface area contributed by atoms with Crippen LogP contribution in [0.3, 0.4) is 0 Å². The van der Waals surface area contributed by atoms with E-state index in [-0.39, 0.29) is 6.54 Å². The van der Waals surface area contributed by atoms with Crippen LogP contribution in [0.25, 0.3) is 0 Å². The molecule has 0 bridgehead atoms. The Morgan fingerprint density at radius 3 is 2.50 bits per heavy atom. The van der Waals surface area contributed by atoms with E-state index in [1.54, 1.807) is 23.1 Å². The van der Waals surface area contributed by atoms with Crippen molar-refractivity contribution in [2.24, 2.45) is 0 Å². The van der Waals surface area contributed by atoms with Crippen LogP contribution in [0, 0.1) is 0 Å². The summed E-state index contributed by atoms with van der Waals surface area (Å²) >= 11 is 9.48. The molecular weight excluding hydrogens is 366 g/mol. The van der Waals surface area contributed by atoms with E-state index in [9.17, 15) is 5.11 Å². The van der Waals surface area contributed by atoms with Crippen molar-refractivity contribution in [1.82, 2.24) is 14.8 Å². The Bertz CT molecular complexity index is 761. The van der Waals surface area contributed by atoms with E-state index in [1.807, 2.05) is 36.4 Å². The summed E-state index contributed by atoms with van der Waals surface area (Å²) in [5.74, 6) is 0. The molecule has 1 atom stereocenters. The zero-order valence-corrected chi connectivity index (χ0v) is 13.9. The highest BCUT2D eigenvalue weighted by molar-refractivity contribution is 9.10. The third-order valence-corrected chi connectivity index (χ3v) is 4.44. The van der Waals surface area contributed by atoms with Gasteiger partial charge in [-0.3, -0.25) is 0 Å². The first kappa shape index (κ1) is 15.2. The Kier molecular flexibility index (Phi) is 4.29. The van der Waals surface area contributed by atoms with Gasteiger partial charge in [0.05, 0.1) is 6.54 Å². The Balaban J connectivity index is 2.13. The van der Waals surface area contributed by atoms with E-state index in [0.717, 1.165) is 15.6 Å². The van der Waals surface area contributed by atoms with Gasteiger partial charge in [0.2, 0.25) is 0 Å². The summed E-state index contributed by atoms with van der Waals surface area (Å²) in [6.45, 7) is 0.247. The van der Waals surface area contributed by atoms with E-state index < -0.39 is 5.60 Å². The van der Waals surface area contributed by atoms with Gasteiger partial charge in [0.25, 0.3) is 0 Å². The quantitative estimate of drug-likeness (QED) is 0.754. The molecule has 0 amide bonds. The molecule has 1 unspecified atom stereocenters. The molecule has 6 heteroatoms. The average Bonchev–Trinajstić information content (AvgIpc) is 3.01. The fraction of sp³-hybridized carbons (Fsp3) is 0.125. The molecule has 112 valence electrons. The molecule has 4 nitrogen and oxygen atoms in total. The lowest BCUT2D eigenvalue weighted by atomic mass is 9.86. The van der Waals surface area contributed by atoms with Crippen molar-refractivity contribution in [3.63, 3.8) is 0 Å². The summed E-state index contributed by atoms with van der Waals surface area (Å²) in [6.07, 6.45) is 3.03. The Morgan fingerprint density at radius 2 is 1.86 bits per heavy atom. The van der Waals surface area contributed by atoms with Crippen molar-refractivity contribution >= 4 is 27.5 Å². The lowest BCUT2D eigenvalue weighted by molar-refractivity contribution is 0.0565. The van der Waals surface area contributed by atoms with Crippen molar-refractivity contribution in [2.75, 3.05) is 0 Å². The number of benzene rings is 2. The molecule has 3 aromatic rings. The number of hydrogen-bond donors (Lipinski definition) is 1. The van der Waals surface area contributed by atoms with Crippen LogP contribution in [0.2, 0.25) is 5.02 Å². The van der Waals surface area contributed by atoms with Crippen LogP contribution < -0.4 is 0 Å². The molecule has 22 heavy (non-hydrogen) atoms. The molecule has 0 saturated heterocycles. The largest absolute Gasteiger partial charge is 0.378 e. The summed E-state index contributed by atoms with van der Waals surface area (Å²) in [4.78, 5) is 3.94. The first-order chi connectivity index (χ1) is 10.6. The number of nitrogens with zero attached hydrogens (tertiary/aromatic N) is 3. The predicted octanol–water partition coefficient (Wildman–Crippen LogP) is 3.63. The maximum Gasteiger partial charge on any atom is 0.137 e. The monoisotopic (exact) mass is 377 g/mol. The molecule has 0 aliphatic carbocycles. The fourth-order valence-corrected chi connectivity index (χ4v) is 3.14. The summed E-state index contributed by atoms with van der Waals surface area (Å²) in [6, 6.07) is 14.7. The number of aromatic nitrogens is 3. The highest BCUT2D eigenvalue weighted by atomic mass is 79.9. The SMILES string of the molecule is OC(Cn1cncn1)(c1ccc(Cl)cc1)c1ccccc1Br. The number of halogens is 2. The third-order valence-electron chi connectivity index (χ3n) is 3.50. The van der Waals surface area contributed by atoms with Gasteiger partial charge < -0.3 is 5.11 Å². The van der Waals surface area contributed by atoms with Crippen molar-refractivity contribution < 1.29 is 5.11 Å². The van der Waals surface area contributed by atoms with Gasteiger partial charge in [0.1, 0.15) is 18.3 Å². The third kappa shape index (κ3) is 2.92. The van der Waals surface area contributed by atoms with Crippen LogP contribution in [0.4, 0.5) is 0 Å². The Hall–Kier alpha value is -1.69. The molecule has 0 fully saturated rings. The van der Waals surface area contributed by atoms with Crippen LogP contribution >= 0.6 is 27.5 Å². The molecule has 2 aromatic carbocycles. The molecule has 3 rings (SSSR count). The molecule has 0 spiro atoms. The topological polar surface area (TPSA) is 50.9 Å². The average molecular weight is 379 g/mol. The zero-order valence-electron chi connectivity index (χ0n) is 11.5. The van der Waals surface area contributed by atoms with Crippen LogP contribution in [0.5, 0.6) is 0 Å². The van der Waals surface area contributed by atoms with E-state index >= 15 is 0 Å². The summed E-state index contributed by atoms with van der Waals surface area (Å²) in [5, 5.41) is 16.2. The van der Waals surface area contributed by atoms with Gasteiger partial charge in [-0.25, -0.2) is 9.67 Å². The minimum atomic E-state index is -1.25. The van der Waals surface area contributed by atoms with Crippen molar-refractivity contribution in [3.05, 3.63) is 81.8 Å². The fourth-order valence-electron chi connectivity index (χ4n) is 2.40. The lowest BCUT2D eigenvalue weighted by Crippen LogP contribution is -2.33. The molecular formula is C16H13BrClN3O. The van der Waals surface area contributed by atoms with Crippen molar-refractivity contribution in [2.45, 2.75) is 12.1 Å². The highest BCUT2D eigenvalue weighted by Gasteiger charge is 2.34. The van der Waals surface area contributed by atoms with Gasteiger partial charge in [-0.1, -0.05) is 57.9 Å². The number of aliphatic hydroxyl groups is 1. The highest BCUT2D eigenvalue weighted by Crippen LogP contribution is 2.36. The molecule has 0 aliphatic rings. The second-order valence-corrected chi connectivity index (χ2v) is 6.23. The van der Waals surface area contributed by atoms with Crippen LogP contribution in [-0.4, -0.2) is 19.9 Å². The van der Waals surface area contributed by atoms with Crippen molar-refractivity contribution in [3.8, 4) is 0 Å². The first-order valence-corrected chi connectivity index (χ1v) is 7.82. The van der Waals surface area contributed by atoms with E-state index in [2.05, 4.69) is 26.0 Å². The van der Waals surface area contributed by atoms with Gasteiger partial charge in [0.15, 0.2) is 0 Å². The summed E-state index contributed by atoms with van der Waals surface area (Å²) in [5.41, 5.74) is 0.241. The standard InChI is InChI=1S/C16H13BrClN3O/c17-15-4-2-1-3-14(15)16(22,9-21-11-19-10-20-21)12-5-7-13(18)8-6-12/h1-8,10-11,22H,9H2. The normalized spacial score (nSPS) is 13.8. The molecule has 1 N–H and O–H groups in total. The van der Waals surface area contributed by atoms with Gasteiger partial charge in [0, 0.05) is 15.1 Å². The smallest absolute Gasteiger partial charge is 0.137 e. The number of rotatable bonds is 4. The van der Waals surface area contributed by atoms with Crippen LogP contribution in [-0.2, 0) is 12.1 Å². The minimum Gasteiger partial charge on any atom is -0.378 e. The zero-order chi connectivity index (χ0) is 15.6. The second kappa shape index (κ2) is 6.20. The van der Waals surface area contributed by atoms with E-state index in [4.69, 9.17) is 11.6 Å². The molecule has 1 aromatic heterocycles. The molecule has 1 heterocycles. The molecule has 0 radical (unpaired) electrons. The van der Waals surface area contributed by atoms with Crippen LogP contribution in [0.1, 0.15) is 11.1 Å². The van der Waals surface area contributed by atoms with Gasteiger partial charge in [-0.05, 0) is 23.8 Å². The van der Waals surface area contributed by atoms with E-state index in [1.165, 1.54) is 6.33 Å². The minimum absolute atomic E-state index is 0.247. The van der Waals surface area contributed by atoms with Crippen molar-refractivity contribution in [1.29, 1.82) is 0 Å². The number of hydrogen-bond acceptors (Lipinski definition) is 3. The van der Waals surface area contributed by atoms with E-state index in [0.29, 0.717) is 5.02 Å². The van der Waals surface area contributed by atoms with Gasteiger partial charge in [-0.15, -0.1) is 0 Å². The summed E-state index contributed by atoms with van der Waals surface area (Å²) < 4.78 is 2.43. The maximum absolute atomic E-state index is 11.4. The lowest BCUT2D eigenvalue weighted by Gasteiger charge is -2.30. The second-order valence-electron chi connectivity index (χ2n) is 4.94. The maximum atomic E-state index is 11.4. The van der Waals surface area contributed by atoms with Crippen LogP contribution in [0.15, 0.2) is 65.7 Å². The predicted molar refractivity (Wildman–Crippen MR) is 88.6 cm³/mol. The Labute approximate surface area is 141 Å². The first-order valence-electron chi connectivity index (χ1n) is 6.65. The Morgan fingerprint density at radius 1 is 1.14 bits per heavy atom. The molecule has 0 aliphatic heterocycles. The molecule has 0 saturated carbocycles. The van der Waals surface area contributed by atoms with Gasteiger partial charge >= 0.3 is 0 Å².